The Morgan fingerprint density at radius 3 is 2.49 bits per heavy atom. The molecular weight excluding hydrogens is 520 g/mol. The predicted molar refractivity (Wildman–Crippen MR) is 113 cm³/mol. The molecule has 200 valence electrons. The predicted octanol–water partition coefficient (Wildman–Crippen LogP) is -2.46. The van der Waals surface area contributed by atoms with Crippen molar-refractivity contribution in [2.24, 2.45) is 5.73 Å². The van der Waals surface area contributed by atoms with Gasteiger partial charge in [-0.25, -0.2) is 13.9 Å². The Bertz CT molecular complexity index is 1120. The molecular formula is C16H27N3O14P2. The van der Waals surface area contributed by atoms with E-state index in [-0.39, 0.29) is 12.0 Å². The summed E-state index contributed by atoms with van der Waals surface area (Å²) in [5.41, 5.74) is 4.38. The highest BCUT2D eigenvalue weighted by atomic mass is 31.3. The minimum Gasteiger partial charge on any atom is -0.388 e. The van der Waals surface area contributed by atoms with Crippen molar-refractivity contribution in [3.05, 3.63) is 32.6 Å². The third-order valence-corrected chi connectivity index (χ3v) is 7.67. The first-order chi connectivity index (χ1) is 16.1. The van der Waals surface area contributed by atoms with Gasteiger partial charge in [-0.2, -0.15) is 4.31 Å². The molecule has 0 aromatic carbocycles. The van der Waals surface area contributed by atoms with E-state index in [1.54, 1.807) is 0 Å². The second kappa shape index (κ2) is 10.6. The molecule has 9 atom stereocenters. The molecule has 19 heteroatoms. The van der Waals surface area contributed by atoms with Crippen LogP contribution >= 0.6 is 15.6 Å². The smallest absolute Gasteiger partial charge is 0.388 e. The summed E-state index contributed by atoms with van der Waals surface area (Å²) in [6.45, 7) is 2.47. The second-order valence-corrected chi connectivity index (χ2v) is 10.9. The molecule has 1 unspecified atom stereocenters. The first kappa shape index (κ1) is 28.3. The van der Waals surface area contributed by atoms with Gasteiger partial charge in [-0.1, -0.05) is 0 Å². The molecule has 2 aliphatic rings. The number of nitrogens with two attached hydrogens (primary N) is 1. The zero-order chi connectivity index (χ0) is 26.3. The van der Waals surface area contributed by atoms with Gasteiger partial charge in [-0.15, -0.1) is 0 Å². The third kappa shape index (κ3) is 6.93. The van der Waals surface area contributed by atoms with Crippen LogP contribution < -0.4 is 17.0 Å². The summed E-state index contributed by atoms with van der Waals surface area (Å²) < 4.78 is 49.4. The fraction of sp³-hybridized carbons (Fsp3) is 0.750. The van der Waals surface area contributed by atoms with E-state index in [0.29, 0.717) is 0 Å². The largest absolute Gasteiger partial charge is 0.481 e. The Balaban J connectivity index is 1.81. The highest BCUT2D eigenvalue weighted by Crippen LogP contribution is 2.59. The zero-order valence-corrected chi connectivity index (χ0v) is 20.2. The SMILES string of the molecule is Cc1cn([C@H]2C[C@H](OP(=O)(O)OP(=O)(O)O)[C@@H](CO[C@H]3O[C@H](C)[C@@H](N)[C@H](O)[C@H]3O)O2)c(=O)[nH]c1=O. The number of nitrogens with one attached hydrogen (secondary N) is 1. The number of hydrogen-bond acceptors (Lipinski definition) is 12. The van der Waals surface area contributed by atoms with Crippen LogP contribution in [0, 0.1) is 6.92 Å². The van der Waals surface area contributed by atoms with Crippen LogP contribution in [0.2, 0.25) is 0 Å². The van der Waals surface area contributed by atoms with E-state index >= 15 is 0 Å². The number of nitrogens with zero attached hydrogens (tertiary/aromatic N) is 1. The number of H-pyrrole nitrogens is 1. The summed E-state index contributed by atoms with van der Waals surface area (Å²) in [6.07, 6.45) is -8.01. The molecule has 0 saturated carbocycles. The van der Waals surface area contributed by atoms with Crippen LogP contribution in [0.5, 0.6) is 0 Å². The molecule has 1 aromatic heterocycles. The maximum Gasteiger partial charge on any atom is 0.481 e. The van der Waals surface area contributed by atoms with Crippen molar-refractivity contribution < 1.29 is 57.1 Å². The number of aryl methyl sites for hydroxylation is 1. The Morgan fingerprint density at radius 2 is 1.86 bits per heavy atom. The highest BCUT2D eigenvalue weighted by molar-refractivity contribution is 7.60. The Morgan fingerprint density at radius 1 is 1.20 bits per heavy atom. The van der Waals surface area contributed by atoms with Gasteiger partial charge < -0.3 is 44.8 Å². The van der Waals surface area contributed by atoms with Gasteiger partial charge in [0.25, 0.3) is 5.56 Å². The average molecular weight is 547 g/mol. The number of aliphatic hydroxyl groups excluding tert-OH is 2. The second-order valence-electron chi connectivity index (χ2n) is 8.13. The maximum absolute atomic E-state index is 12.2. The minimum absolute atomic E-state index is 0.154. The van der Waals surface area contributed by atoms with Crippen LogP contribution in [0.1, 0.15) is 25.1 Å². The van der Waals surface area contributed by atoms with Crippen molar-refractivity contribution in [1.82, 2.24) is 9.55 Å². The summed E-state index contributed by atoms with van der Waals surface area (Å²) >= 11 is 0. The van der Waals surface area contributed by atoms with Crippen LogP contribution in [0.4, 0.5) is 0 Å². The van der Waals surface area contributed by atoms with Crippen LogP contribution in [0.3, 0.4) is 0 Å². The molecule has 0 spiro atoms. The van der Waals surface area contributed by atoms with Crippen molar-refractivity contribution in [3.8, 4) is 0 Å². The van der Waals surface area contributed by atoms with Crippen molar-refractivity contribution >= 4 is 15.6 Å². The molecule has 0 aliphatic carbocycles. The van der Waals surface area contributed by atoms with Gasteiger partial charge in [0, 0.05) is 18.2 Å². The zero-order valence-electron chi connectivity index (χ0n) is 18.4. The lowest BCUT2D eigenvalue weighted by atomic mass is 9.98. The third-order valence-electron chi connectivity index (χ3n) is 5.45. The number of phosphoric acid groups is 2. The normalized spacial score (nSPS) is 35.7. The first-order valence-electron chi connectivity index (χ1n) is 10.2. The van der Waals surface area contributed by atoms with Crippen LogP contribution in [-0.4, -0.2) is 83.9 Å². The molecule has 3 rings (SSSR count). The number of hydrogen-bond donors (Lipinski definition) is 7. The van der Waals surface area contributed by atoms with Gasteiger partial charge >= 0.3 is 21.3 Å². The van der Waals surface area contributed by atoms with Crippen LogP contribution in [0.25, 0.3) is 0 Å². The first-order valence-corrected chi connectivity index (χ1v) is 13.2. The average Bonchev–Trinajstić information content (AvgIpc) is 3.10. The minimum atomic E-state index is -5.42. The van der Waals surface area contributed by atoms with E-state index in [1.807, 2.05) is 0 Å². The fourth-order valence-corrected chi connectivity index (χ4v) is 5.43. The van der Waals surface area contributed by atoms with E-state index in [4.69, 9.17) is 34.3 Å². The number of rotatable bonds is 8. The quantitative estimate of drug-likeness (QED) is 0.166. The van der Waals surface area contributed by atoms with Gasteiger partial charge in [0.2, 0.25) is 0 Å². The summed E-state index contributed by atoms with van der Waals surface area (Å²) in [5.74, 6) is 0. The van der Waals surface area contributed by atoms with Crippen molar-refractivity contribution in [2.45, 2.75) is 69.3 Å². The van der Waals surface area contributed by atoms with Crippen molar-refractivity contribution in [3.63, 3.8) is 0 Å². The van der Waals surface area contributed by atoms with E-state index in [0.717, 1.165) is 4.57 Å². The lowest BCUT2D eigenvalue weighted by Gasteiger charge is -2.40. The van der Waals surface area contributed by atoms with Crippen LogP contribution in [0.15, 0.2) is 15.8 Å². The molecule has 3 heterocycles. The maximum atomic E-state index is 12.2. The van der Waals surface area contributed by atoms with E-state index < -0.39 is 82.6 Å². The topological polar surface area (TPSA) is 262 Å². The Labute approximate surface area is 197 Å². The summed E-state index contributed by atoms with van der Waals surface area (Å²) in [5, 5.41) is 20.2. The molecule has 0 amide bonds. The van der Waals surface area contributed by atoms with Gasteiger partial charge in [0.05, 0.1) is 18.8 Å². The molecule has 0 radical (unpaired) electrons. The van der Waals surface area contributed by atoms with Gasteiger partial charge in [-0.05, 0) is 13.8 Å². The van der Waals surface area contributed by atoms with Crippen molar-refractivity contribution in [1.29, 1.82) is 0 Å². The van der Waals surface area contributed by atoms with Gasteiger partial charge in [-0.3, -0.25) is 18.9 Å². The highest BCUT2D eigenvalue weighted by Gasteiger charge is 2.46. The van der Waals surface area contributed by atoms with Crippen molar-refractivity contribution in [2.75, 3.05) is 6.61 Å². The summed E-state index contributed by atoms with van der Waals surface area (Å²) in [6, 6.07) is -0.895. The molecule has 0 bridgehead atoms. The van der Waals surface area contributed by atoms with E-state index in [9.17, 15) is 33.8 Å². The number of phosphoric ester groups is 1. The number of aliphatic hydroxyl groups is 2. The van der Waals surface area contributed by atoms with E-state index in [1.165, 1.54) is 20.0 Å². The lowest BCUT2D eigenvalue weighted by molar-refractivity contribution is -0.276. The van der Waals surface area contributed by atoms with Crippen LogP contribution in [-0.2, 0) is 32.2 Å². The number of aromatic nitrogens is 2. The monoisotopic (exact) mass is 547 g/mol. The molecule has 1 aromatic rings. The number of ether oxygens (including phenoxy) is 3. The number of aromatic amines is 1. The Hall–Kier alpha value is -1.30. The van der Waals surface area contributed by atoms with Gasteiger partial charge in [0.15, 0.2) is 6.29 Å². The fourth-order valence-electron chi connectivity index (χ4n) is 3.63. The molecule has 17 nitrogen and oxygen atoms in total. The molecule has 2 fully saturated rings. The van der Waals surface area contributed by atoms with E-state index in [2.05, 4.69) is 9.29 Å². The standard InChI is InChI=1S/C16H27N3O14P2/c1-6-4-19(16(23)18-14(6)22)10-3-8(32-35(27,28)33-34(24,25)26)9(31-10)5-29-15-13(21)12(20)11(17)7(2)30-15/h4,7-13,15,20-21H,3,5,17H2,1-2H3,(H,27,28)(H,18,22,23)(H2,24,25,26)/t7-,8+,9-,10-,11-,12+,13-,15+/m1/s1. The summed E-state index contributed by atoms with van der Waals surface area (Å²) in [4.78, 5) is 53.5. The molecule has 35 heavy (non-hydrogen) atoms. The lowest BCUT2D eigenvalue weighted by Crippen LogP contribution is -2.61. The molecule has 2 saturated heterocycles. The Kier molecular flexibility index (Phi) is 8.56. The summed E-state index contributed by atoms with van der Waals surface area (Å²) in [7, 11) is -10.7. The molecule has 8 N–H and O–H groups in total. The van der Waals surface area contributed by atoms with Gasteiger partial charge in [0.1, 0.15) is 30.6 Å². The molecule has 2 aliphatic heterocycles.